The molecule has 0 aliphatic carbocycles. The zero-order valence-electron chi connectivity index (χ0n) is 11.8. The van der Waals surface area contributed by atoms with Gasteiger partial charge in [-0.05, 0) is 36.7 Å². The quantitative estimate of drug-likeness (QED) is 0.829. The van der Waals surface area contributed by atoms with Gasteiger partial charge in [0.25, 0.3) is 10.1 Å². The number of anilines is 1. The fourth-order valence-electron chi connectivity index (χ4n) is 2.55. The van der Waals surface area contributed by atoms with Gasteiger partial charge in [0.15, 0.2) is 0 Å². The largest absolute Gasteiger partial charge is 0.345 e. The molecular formula is C14H20N2O3S. The minimum absolute atomic E-state index is 0.0854. The first-order valence-electron chi connectivity index (χ1n) is 6.48. The van der Waals surface area contributed by atoms with Gasteiger partial charge in [0.1, 0.15) is 0 Å². The number of allylic oxidation sites excluding steroid dienone is 1. The first-order valence-corrected chi connectivity index (χ1v) is 7.92. The van der Waals surface area contributed by atoms with Crippen LogP contribution in [0.3, 0.4) is 0 Å². The molecule has 3 N–H and O–H groups in total. The first kappa shape index (κ1) is 15.0. The third-order valence-corrected chi connectivity index (χ3v) is 4.71. The lowest BCUT2D eigenvalue weighted by Crippen LogP contribution is -2.27. The summed E-state index contributed by atoms with van der Waals surface area (Å²) < 4.78 is 31.7. The second-order valence-electron chi connectivity index (χ2n) is 5.52. The Kier molecular flexibility index (Phi) is 3.66. The van der Waals surface area contributed by atoms with E-state index in [0.29, 0.717) is 6.54 Å². The molecule has 1 aromatic rings. The van der Waals surface area contributed by atoms with Crippen molar-refractivity contribution in [3.05, 3.63) is 36.0 Å². The van der Waals surface area contributed by atoms with Gasteiger partial charge in [-0.15, -0.1) is 0 Å². The molecule has 0 aromatic heterocycles. The first-order chi connectivity index (χ1) is 9.19. The number of hydrogen-bond donors (Lipinski definition) is 2. The Labute approximate surface area is 119 Å². The Morgan fingerprint density at radius 1 is 1.40 bits per heavy atom. The molecule has 110 valence electrons. The van der Waals surface area contributed by atoms with Crippen molar-refractivity contribution in [2.45, 2.75) is 30.6 Å². The van der Waals surface area contributed by atoms with Crippen LogP contribution in [0.15, 0.2) is 35.4 Å². The molecule has 0 saturated carbocycles. The number of benzene rings is 1. The van der Waals surface area contributed by atoms with Crippen molar-refractivity contribution < 1.29 is 13.0 Å². The lowest BCUT2D eigenvalue weighted by Gasteiger charge is -2.25. The van der Waals surface area contributed by atoms with E-state index in [1.807, 2.05) is 13.8 Å². The van der Waals surface area contributed by atoms with Gasteiger partial charge in [-0.1, -0.05) is 20.4 Å². The van der Waals surface area contributed by atoms with Crippen molar-refractivity contribution in [2.75, 3.05) is 18.0 Å². The molecule has 2 rings (SSSR count). The van der Waals surface area contributed by atoms with E-state index in [1.165, 1.54) is 12.1 Å². The second kappa shape index (κ2) is 4.87. The van der Waals surface area contributed by atoms with E-state index in [4.69, 9.17) is 5.73 Å². The molecule has 6 heteroatoms. The normalized spacial score (nSPS) is 17.4. The molecule has 20 heavy (non-hydrogen) atoms. The minimum atomic E-state index is -4.19. The van der Waals surface area contributed by atoms with Crippen molar-refractivity contribution in [3.8, 4) is 0 Å². The topological polar surface area (TPSA) is 83.6 Å². The van der Waals surface area contributed by atoms with Crippen LogP contribution in [-0.2, 0) is 15.5 Å². The molecule has 0 fully saturated rings. The van der Waals surface area contributed by atoms with Gasteiger partial charge in [-0.25, -0.2) is 0 Å². The maximum Gasteiger partial charge on any atom is 0.294 e. The van der Waals surface area contributed by atoms with Crippen LogP contribution >= 0.6 is 0 Å². The summed E-state index contributed by atoms with van der Waals surface area (Å²) in [4.78, 5) is 1.98. The lowest BCUT2D eigenvalue weighted by atomic mass is 9.84. The van der Waals surface area contributed by atoms with Crippen LogP contribution in [0.1, 0.15) is 25.8 Å². The van der Waals surface area contributed by atoms with Gasteiger partial charge in [0.2, 0.25) is 0 Å². The SMILES string of the molecule is C=C1N(CCCN)c2ccc(S(=O)(=O)O)cc2C1(C)C. The number of hydrogen-bond acceptors (Lipinski definition) is 4. The van der Waals surface area contributed by atoms with Crippen LogP contribution < -0.4 is 10.6 Å². The van der Waals surface area contributed by atoms with Crippen LogP contribution in [0.5, 0.6) is 0 Å². The molecular weight excluding hydrogens is 276 g/mol. The van der Waals surface area contributed by atoms with Crippen molar-refractivity contribution >= 4 is 15.8 Å². The van der Waals surface area contributed by atoms with E-state index in [1.54, 1.807) is 6.07 Å². The highest BCUT2D eigenvalue weighted by Crippen LogP contribution is 2.47. The van der Waals surface area contributed by atoms with Crippen LogP contribution in [0.4, 0.5) is 5.69 Å². The summed E-state index contributed by atoms with van der Waals surface area (Å²) >= 11 is 0. The maximum absolute atomic E-state index is 11.3. The van der Waals surface area contributed by atoms with Gasteiger partial charge in [-0.3, -0.25) is 4.55 Å². The third-order valence-electron chi connectivity index (χ3n) is 3.86. The highest BCUT2D eigenvalue weighted by molar-refractivity contribution is 7.85. The molecule has 1 aromatic carbocycles. The minimum Gasteiger partial charge on any atom is -0.345 e. The molecule has 0 saturated heterocycles. The molecule has 1 heterocycles. The van der Waals surface area contributed by atoms with Crippen LogP contribution in [0.25, 0.3) is 0 Å². The Morgan fingerprint density at radius 3 is 2.60 bits per heavy atom. The monoisotopic (exact) mass is 296 g/mol. The Balaban J connectivity index is 2.54. The molecule has 0 amide bonds. The molecule has 0 bridgehead atoms. The Bertz CT molecular complexity index is 650. The summed E-state index contributed by atoms with van der Waals surface area (Å²) in [6, 6.07) is 4.66. The van der Waals surface area contributed by atoms with Crippen LogP contribution in [-0.4, -0.2) is 26.1 Å². The standard InChI is InChI=1S/C14H20N2O3S/c1-10-14(2,3)12-9-11(20(17,18)19)5-6-13(12)16(10)8-4-7-15/h5-6,9H,1,4,7-8,15H2,2-3H3,(H,17,18,19). The highest BCUT2D eigenvalue weighted by atomic mass is 32.2. The van der Waals surface area contributed by atoms with Crippen LogP contribution in [0.2, 0.25) is 0 Å². The van der Waals surface area contributed by atoms with E-state index in [-0.39, 0.29) is 10.3 Å². The average Bonchev–Trinajstić information content (AvgIpc) is 2.55. The molecule has 0 radical (unpaired) electrons. The van der Waals surface area contributed by atoms with Gasteiger partial charge < -0.3 is 10.6 Å². The van der Waals surface area contributed by atoms with E-state index in [0.717, 1.165) is 29.9 Å². The summed E-state index contributed by atoms with van der Waals surface area (Å²) in [5, 5.41) is 0. The fraction of sp³-hybridized carbons (Fsp3) is 0.429. The Hall–Kier alpha value is -1.37. The third kappa shape index (κ3) is 2.34. The molecule has 1 aliphatic heterocycles. The smallest absolute Gasteiger partial charge is 0.294 e. The zero-order chi connectivity index (χ0) is 15.1. The number of nitrogens with two attached hydrogens (primary N) is 1. The van der Waals surface area contributed by atoms with E-state index in [9.17, 15) is 13.0 Å². The molecule has 0 unspecified atom stereocenters. The maximum atomic E-state index is 11.3. The second-order valence-corrected chi connectivity index (χ2v) is 6.94. The zero-order valence-corrected chi connectivity index (χ0v) is 12.6. The van der Waals surface area contributed by atoms with Crippen LogP contribution in [0, 0.1) is 0 Å². The van der Waals surface area contributed by atoms with Gasteiger partial charge >= 0.3 is 0 Å². The molecule has 5 nitrogen and oxygen atoms in total. The number of nitrogens with zero attached hydrogens (tertiary/aromatic N) is 1. The van der Waals surface area contributed by atoms with Crippen molar-refractivity contribution in [3.63, 3.8) is 0 Å². The fourth-order valence-corrected chi connectivity index (χ4v) is 3.06. The van der Waals surface area contributed by atoms with Gasteiger partial charge in [0, 0.05) is 23.3 Å². The lowest BCUT2D eigenvalue weighted by molar-refractivity contribution is 0.483. The summed E-state index contributed by atoms with van der Waals surface area (Å²) in [5.41, 5.74) is 7.88. The summed E-state index contributed by atoms with van der Waals surface area (Å²) in [6.07, 6.45) is 0.828. The summed E-state index contributed by atoms with van der Waals surface area (Å²) in [7, 11) is -4.19. The van der Waals surface area contributed by atoms with E-state index >= 15 is 0 Å². The van der Waals surface area contributed by atoms with E-state index < -0.39 is 10.1 Å². The average molecular weight is 296 g/mol. The predicted octanol–water partition coefficient (Wildman–Crippen LogP) is 1.89. The predicted molar refractivity (Wildman–Crippen MR) is 79.4 cm³/mol. The number of fused-ring (bicyclic) bond motifs is 1. The van der Waals surface area contributed by atoms with Gasteiger partial charge in [-0.2, -0.15) is 8.42 Å². The van der Waals surface area contributed by atoms with Crippen molar-refractivity contribution in [1.29, 1.82) is 0 Å². The van der Waals surface area contributed by atoms with Crippen molar-refractivity contribution in [2.24, 2.45) is 5.73 Å². The summed E-state index contributed by atoms with van der Waals surface area (Å²) in [5.74, 6) is 0. The highest BCUT2D eigenvalue weighted by Gasteiger charge is 2.39. The Morgan fingerprint density at radius 2 is 2.05 bits per heavy atom. The molecule has 0 atom stereocenters. The molecule has 1 aliphatic rings. The van der Waals surface area contributed by atoms with Gasteiger partial charge in [0.05, 0.1) is 4.90 Å². The van der Waals surface area contributed by atoms with E-state index in [2.05, 4.69) is 11.5 Å². The molecule has 0 spiro atoms. The summed E-state index contributed by atoms with van der Waals surface area (Å²) in [6.45, 7) is 9.43. The van der Waals surface area contributed by atoms with Crippen molar-refractivity contribution in [1.82, 2.24) is 0 Å². The number of rotatable bonds is 4.